The summed E-state index contributed by atoms with van der Waals surface area (Å²) in [5, 5.41) is 22.4. The van der Waals surface area contributed by atoms with E-state index in [2.05, 4.69) is 15.9 Å². The molecule has 0 radical (unpaired) electrons. The first kappa shape index (κ1) is 12.5. The standard InChI is InChI=1S/C10H15BrO4/c1-9(8(14)15)4-3-6(7(12)13)10(9,2)5-11/h6H,3-5H2,1-2H3,(H,12,13)(H,14,15)/p-2/t6-,9+,10-/m0/s1. The van der Waals surface area contributed by atoms with E-state index < -0.39 is 28.7 Å². The van der Waals surface area contributed by atoms with Gasteiger partial charge in [-0.05, 0) is 18.3 Å². The van der Waals surface area contributed by atoms with E-state index in [1.807, 2.05) is 0 Å². The Morgan fingerprint density at radius 2 is 1.93 bits per heavy atom. The number of halogens is 1. The number of carbonyl (C=O) groups excluding carboxylic acids is 2. The molecule has 0 aromatic rings. The van der Waals surface area contributed by atoms with Crippen LogP contribution in [0.2, 0.25) is 0 Å². The molecule has 5 heteroatoms. The van der Waals surface area contributed by atoms with Gasteiger partial charge in [-0.25, -0.2) is 0 Å². The van der Waals surface area contributed by atoms with Gasteiger partial charge in [0.15, 0.2) is 0 Å². The third-order valence-electron chi connectivity index (χ3n) is 3.98. The summed E-state index contributed by atoms with van der Waals surface area (Å²) in [5.41, 5.74) is -1.97. The normalized spacial score (nSPS) is 40.3. The maximum atomic E-state index is 11.1. The Kier molecular flexibility index (Phi) is 3.14. The average Bonchev–Trinajstić information content (AvgIpc) is 2.42. The molecule has 1 rings (SSSR count). The number of carbonyl (C=O) groups is 2. The van der Waals surface area contributed by atoms with E-state index in [9.17, 15) is 19.8 Å². The second kappa shape index (κ2) is 3.77. The Labute approximate surface area is 96.8 Å². The fourth-order valence-electron chi connectivity index (χ4n) is 2.38. The Hall–Kier alpha value is -0.580. The van der Waals surface area contributed by atoms with Crippen LogP contribution in [0.5, 0.6) is 0 Å². The highest BCUT2D eigenvalue weighted by atomic mass is 79.9. The molecule has 1 aliphatic rings. The lowest BCUT2D eigenvalue weighted by molar-refractivity contribution is -0.326. The Bertz CT molecular complexity index is 304. The van der Waals surface area contributed by atoms with Crippen LogP contribution in [0.3, 0.4) is 0 Å². The summed E-state index contributed by atoms with van der Waals surface area (Å²) in [5.74, 6) is -3.10. The maximum absolute atomic E-state index is 11.1. The average molecular weight is 277 g/mol. The molecule has 0 spiro atoms. The van der Waals surface area contributed by atoms with Gasteiger partial charge in [-0.15, -0.1) is 0 Å². The lowest BCUT2D eigenvalue weighted by Gasteiger charge is -2.44. The van der Waals surface area contributed by atoms with Gasteiger partial charge >= 0.3 is 0 Å². The van der Waals surface area contributed by atoms with Crippen molar-refractivity contribution in [2.24, 2.45) is 16.7 Å². The molecule has 1 fully saturated rings. The molecule has 1 saturated carbocycles. The van der Waals surface area contributed by atoms with E-state index in [0.717, 1.165) is 0 Å². The number of rotatable bonds is 3. The van der Waals surface area contributed by atoms with Gasteiger partial charge < -0.3 is 19.8 Å². The first-order chi connectivity index (χ1) is 6.79. The summed E-state index contributed by atoms with van der Waals surface area (Å²) in [6, 6.07) is 0. The zero-order valence-electron chi connectivity index (χ0n) is 8.71. The third-order valence-corrected chi connectivity index (χ3v) is 5.14. The first-order valence-corrected chi connectivity index (χ1v) is 5.90. The molecular weight excluding hydrogens is 264 g/mol. The topological polar surface area (TPSA) is 80.3 Å². The largest absolute Gasteiger partial charge is 0.550 e. The summed E-state index contributed by atoms with van der Waals surface area (Å²) < 4.78 is 0. The Morgan fingerprint density at radius 1 is 1.40 bits per heavy atom. The molecule has 0 aromatic carbocycles. The number of carboxylic acids is 2. The van der Waals surface area contributed by atoms with Crippen LogP contribution in [0.15, 0.2) is 0 Å². The SMILES string of the molecule is C[C@]1(CBr)[C@H](C(=O)[O-])CC[C@]1(C)C(=O)[O-]. The fraction of sp³-hybridized carbons (Fsp3) is 0.800. The molecule has 0 aliphatic heterocycles. The number of carboxylic acid groups (broad SMARTS) is 2. The van der Waals surface area contributed by atoms with Crippen LogP contribution in [-0.4, -0.2) is 17.3 Å². The van der Waals surface area contributed by atoms with Gasteiger partial charge in [0, 0.05) is 28.6 Å². The molecule has 86 valence electrons. The minimum atomic E-state index is -1.19. The first-order valence-electron chi connectivity index (χ1n) is 4.78. The Morgan fingerprint density at radius 3 is 2.27 bits per heavy atom. The second-order valence-electron chi connectivity index (χ2n) is 4.58. The molecule has 0 N–H and O–H groups in total. The zero-order chi connectivity index (χ0) is 11.9. The van der Waals surface area contributed by atoms with Crippen LogP contribution in [0.4, 0.5) is 0 Å². The lowest BCUT2D eigenvalue weighted by Crippen LogP contribution is -2.53. The lowest BCUT2D eigenvalue weighted by atomic mass is 9.66. The zero-order valence-corrected chi connectivity index (χ0v) is 10.3. The van der Waals surface area contributed by atoms with Gasteiger partial charge in [0.05, 0.1) is 0 Å². The van der Waals surface area contributed by atoms with Crippen LogP contribution >= 0.6 is 15.9 Å². The molecule has 0 saturated heterocycles. The third kappa shape index (κ3) is 1.57. The smallest absolute Gasteiger partial charge is 0.0479 e. The van der Waals surface area contributed by atoms with Crippen LogP contribution in [0.1, 0.15) is 26.7 Å². The van der Waals surface area contributed by atoms with E-state index in [1.54, 1.807) is 13.8 Å². The van der Waals surface area contributed by atoms with Gasteiger partial charge in [-0.3, -0.25) is 0 Å². The number of aliphatic carboxylic acids is 2. The summed E-state index contributed by atoms with van der Waals surface area (Å²) in [6.07, 6.45) is 0.644. The molecule has 4 nitrogen and oxygen atoms in total. The van der Waals surface area contributed by atoms with Gasteiger partial charge in [0.1, 0.15) is 0 Å². The van der Waals surface area contributed by atoms with Crippen molar-refractivity contribution in [3.63, 3.8) is 0 Å². The minimum Gasteiger partial charge on any atom is -0.550 e. The molecule has 0 amide bonds. The van der Waals surface area contributed by atoms with Crippen molar-refractivity contribution in [2.45, 2.75) is 26.7 Å². The molecule has 15 heavy (non-hydrogen) atoms. The molecule has 3 atom stereocenters. The summed E-state index contributed by atoms with van der Waals surface area (Å²) in [4.78, 5) is 22.1. The van der Waals surface area contributed by atoms with E-state index in [0.29, 0.717) is 18.2 Å². The van der Waals surface area contributed by atoms with Gasteiger partial charge in [0.25, 0.3) is 0 Å². The summed E-state index contributed by atoms with van der Waals surface area (Å²) in [7, 11) is 0. The number of alkyl halides is 1. The molecule has 0 unspecified atom stereocenters. The predicted octanol–water partition coefficient (Wildman–Crippen LogP) is -0.696. The van der Waals surface area contributed by atoms with Crippen molar-refractivity contribution in [2.75, 3.05) is 5.33 Å². The molecule has 0 bridgehead atoms. The monoisotopic (exact) mass is 276 g/mol. The van der Waals surface area contributed by atoms with Crippen molar-refractivity contribution in [3.05, 3.63) is 0 Å². The predicted molar refractivity (Wildman–Crippen MR) is 52.7 cm³/mol. The highest BCUT2D eigenvalue weighted by Crippen LogP contribution is 2.56. The quantitative estimate of drug-likeness (QED) is 0.639. The van der Waals surface area contributed by atoms with Crippen LogP contribution in [0, 0.1) is 16.7 Å². The minimum absolute atomic E-state index is 0.309. The number of hydrogen-bond acceptors (Lipinski definition) is 4. The molecular formula is C10H13BrO4-2. The van der Waals surface area contributed by atoms with Crippen molar-refractivity contribution >= 4 is 27.9 Å². The van der Waals surface area contributed by atoms with Gasteiger partial charge in [-0.1, -0.05) is 29.8 Å². The fourth-order valence-corrected chi connectivity index (χ4v) is 3.39. The van der Waals surface area contributed by atoms with Gasteiger partial charge in [-0.2, -0.15) is 0 Å². The van der Waals surface area contributed by atoms with Gasteiger partial charge in [0.2, 0.25) is 0 Å². The Balaban J connectivity index is 3.16. The highest BCUT2D eigenvalue weighted by Gasteiger charge is 2.55. The molecule has 1 aliphatic carbocycles. The van der Waals surface area contributed by atoms with E-state index in [1.165, 1.54) is 0 Å². The van der Waals surface area contributed by atoms with Crippen molar-refractivity contribution in [1.29, 1.82) is 0 Å². The van der Waals surface area contributed by atoms with Crippen molar-refractivity contribution < 1.29 is 19.8 Å². The molecule has 0 heterocycles. The van der Waals surface area contributed by atoms with E-state index in [4.69, 9.17) is 0 Å². The highest BCUT2D eigenvalue weighted by molar-refractivity contribution is 9.09. The van der Waals surface area contributed by atoms with Crippen molar-refractivity contribution in [3.8, 4) is 0 Å². The second-order valence-corrected chi connectivity index (χ2v) is 5.14. The molecule has 0 aromatic heterocycles. The van der Waals surface area contributed by atoms with Crippen molar-refractivity contribution in [1.82, 2.24) is 0 Å². The van der Waals surface area contributed by atoms with E-state index in [-0.39, 0.29) is 0 Å². The summed E-state index contributed by atoms with van der Waals surface area (Å²) >= 11 is 3.20. The van der Waals surface area contributed by atoms with Crippen LogP contribution in [0.25, 0.3) is 0 Å². The van der Waals surface area contributed by atoms with Crippen LogP contribution < -0.4 is 10.2 Å². The maximum Gasteiger partial charge on any atom is 0.0479 e. The number of hydrogen-bond donors (Lipinski definition) is 0. The van der Waals surface area contributed by atoms with Crippen LogP contribution in [-0.2, 0) is 9.59 Å². The van der Waals surface area contributed by atoms with E-state index >= 15 is 0 Å². The summed E-state index contributed by atoms with van der Waals surface area (Å²) in [6.45, 7) is 3.21.